The maximum Gasteiger partial charge on any atom is 0.244 e. The van der Waals surface area contributed by atoms with Gasteiger partial charge >= 0.3 is 0 Å². The first-order chi connectivity index (χ1) is 10.6. The molecule has 0 aromatic heterocycles. The van der Waals surface area contributed by atoms with Crippen LogP contribution in [0.4, 0.5) is 5.69 Å². The van der Waals surface area contributed by atoms with E-state index in [4.69, 9.17) is 22.1 Å². The number of nitrogens with one attached hydrogen (secondary N) is 1. The fourth-order valence-corrected chi connectivity index (χ4v) is 3.57. The molecule has 3 rings (SSSR count). The molecule has 1 amide bonds. The summed E-state index contributed by atoms with van der Waals surface area (Å²) in [5.74, 6) is 0.570. The maximum atomic E-state index is 12.3. The van der Waals surface area contributed by atoms with Gasteiger partial charge in [0.05, 0.1) is 16.7 Å². The van der Waals surface area contributed by atoms with Crippen molar-refractivity contribution in [3.05, 3.63) is 23.2 Å². The number of anilines is 1. The van der Waals surface area contributed by atoms with E-state index in [2.05, 4.69) is 5.32 Å². The van der Waals surface area contributed by atoms with E-state index in [1.54, 1.807) is 6.07 Å². The molecule has 2 aliphatic carbocycles. The Bertz CT molecular complexity index is 550. The van der Waals surface area contributed by atoms with Gasteiger partial charge in [-0.15, -0.1) is 0 Å². The molecule has 0 aliphatic heterocycles. The van der Waals surface area contributed by atoms with E-state index in [1.165, 1.54) is 12.8 Å². The first-order valence-corrected chi connectivity index (χ1v) is 8.51. The summed E-state index contributed by atoms with van der Waals surface area (Å²) in [4.78, 5) is 12.3. The van der Waals surface area contributed by atoms with Crippen LogP contribution < -0.4 is 15.8 Å². The van der Waals surface area contributed by atoms with Crippen molar-refractivity contribution in [1.82, 2.24) is 0 Å². The predicted octanol–water partition coefficient (Wildman–Crippen LogP) is 3.87. The van der Waals surface area contributed by atoms with Gasteiger partial charge in [0.2, 0.25) is 5.91 Å². The van der Waals surface area contributed by atoms with Gasteiger partial charge in [0, 0.05) is 5.69 Å². The average molecular weight is 323 g/mol. The summed E-state index contributed by atoms with van der Waals surface area (Å²) in [7, 11) is 0. The molecule has 5 heteroatoms. The quantitative estimate of drug-likeness (QED) is 0.884. The molecular formula is C17H23ClN2O2. The number of halogens is 1. The predicted molar refractivity (Wildman–Crippen MR) is 88.4 cm³/mol. The lowest BCUT2D eigenvalue weighted by atomic mass is 9.98. The smallest absolute Gasteiger partial charge is 0.244 e. The van der Waals surface area contributed by atoms with Gasteiger partial charge in [-0.2, -0.15) is 0 Å². The van der Waals surface area contributed by atoms with Crippen LogP contribution >= 0.6 is 11.6 Å². The lowest BCUT2D eigenvalue weighted by molar-refractivity contribution is -0.121. The van der Waals surface area contributed by atoms with Crippen molar-refractivity contribution in [1.29, 1.82) is 0 Å². The van der Waals surface area contributed by atoms with E-state index >= 15 is 0 Å². The zero-order valence-corrected chi connectivity index (χ0v) is 13.5. The monoisotopic (exact) mass is 322 g/mol. The largest absolute Gasteiger partial charge is 0.489 e. The first kappa shape index (κ1) is 15.6. The maximum absolute atomic E-state index is 12.3. The summed E-state index contributed by atoms with van der Waals surface area (Å²) >= 11 is 6.28. The van der Waals surface area contributed by atoms with Crippen molar-refractivity contribution in [2.24, 2.45) is 5.73 Å². The SMILES string of the molecule is NC1(C(=O)Nc2ccc(OC3CCCC3)c(Cl)c2)CCCC1. The lowest BCUT2D eigenvalue weighted by Gasteiger charge is -2.22. The summed E-state index contributed by atoms with van der Waals surface area (Å²) < 4.78 is 5.92. The fraction of sp³-hybridized carbons (Fsp3) is 0.588. The number of carbonyl (C=O) groups is 1. The molecule has 0 bridgehead atoms. The van der Waals surface area contributed by atoms with Gasteiger partial charge in [-0.1, -0.05) is 24.4 Å². The summed E-state index contributed by atoms with van der Waals surface area (Å²) in [5, 5.41) is 3.41. The van der Waals surface area contributed by atoms with Crippen LogP contribution in [0.3, 0.4) is 0 Å². The molecule has 0 atom stereocenters. The number of amides is 1. The molecule has 0 saturated heterocycles. The van der Waals surface area contributed by atoms with Crippen LogP contribution in [-0.4, -0.2) is 17.6 Å². The molecule has 4 nitrogen and oxygen atoms in total. The van der Waals surface area contributed by atoms with Crippen LogP contribution in [0.25, 0.3) is 0 Å². The number of benzene rings is 1. The number of hydrogen-bond acceptors (Lipinski definition) is 3. The summed E-state index contributed by atoms with van der Waals surface area (Å²) in [6.45, 7) is 0. The molecule has 0 unspecified atom stereocenters. The third kappa shape index (κ3) is 3.39. The number of carbonyl (C=O) groups excluding carboxylic acids is 1. The van der Waals surface area contributed by atoms with E-state index in [-0.39, 0.29) is 12.0 Å². The fourth-order valence-electron chi connectivity index (χ4n) is 3.35. The number of ether oxygens (including phenoxy) is 1. The van der Waals surface area contributed by atoms with Gasteiger partial charge in [0.15, 0.2) is 0 Å². The Hall–Kier alpha value is -1.26. The second-order valence-corrected chi connectivity index (χ2v) is 6.89. The van der Waals surface area contributed by atoms with E-state index in [9.17, 15) is 4.79 Å². The van der Waals surface area contributed by atoms with E-state index < -0.39 is 5.54 Å². The highest BCUT2D eigenvalue weighted by atomic mass is 35.5. The zero-order valence-electron chi connectivity index (χ0n) is 12.7. The second-order valence-electron chi connectivity index (χ2n) is 6.49. The van der Waals surface area contributed by atoms with Crippen LogP contribution in [0.1, 0.15) is 51.4 Å². The Kier molecular flexibility index (Phi) is 4.59. The minimum Gasteiger partial charge on any atom is -0.489 e. The Balaban J connectivity index is 1.65. The van der Waals surface area contributed by atoms with Gasteiger partial charge in [-0.05, 0) is 56.7 Å². The Morgan fingerprint density at radius 3 is 2.55 bits per heavy atom. The highest BCUT2D eigenvalue weighted by Crippen LogP contribution is 2.33. The van der Waals surface area contributed by atoms with Crippen molar-refractivity contribution >= 4 is 23.2 Å². The van der Waals surface area contributed by atoms with E-state index in [1.807, 2.05) is 12.1 Å². The molecule has 1 aromatic rings. The van der Waals surface area contributed by atoms with Crippen LogP contribution in [0.5, 0.6) is 5.75 Å². The van der Waals surface area contributed by atoms with Crippen LogP contribution in [0.2, 0.25) is 5.02 Å². The number of rotatable bonds is 4. The molecule has 2 fully saturated rings. The zero-order chi connectivity index (χ0) is 15.6. The third-order valence-corrected chi connectivity index (χ3v) is 5.03. The van der Waals surface area contributed by atoms with Crippen molar-refractivity contribution in [3.63, 3.8) is 0 Å². The third-order valence-electron chi connectivity index (χ3n) is 4.73. The van der Waals surface area contributed by atoms with Crippen molar-refractivity contribution in [2.45, 2.75) is 63.0 Å². The van der Waals surface area contributed by atoms with Crippen molar-refractivity contribution < 1.29 is 9.53 Å². The topological polar surface area (TPSA) is 64.4 Å². The van der Waals surface area contributed by atoms with Gasteiger partial charge in [-0.3, -0.25) is 4.79 Å². The average Bonchev–Trinajstić information content (AvgIpc) is 3.14. The van der Waals surface area contributed by atoms with Crippen LogP contribution in [0.15, 0.2) is 18.2 Å². The molecule has 3 N–H and O–H groups in total. The lowest BCUT2D eigenvalue weighted by Crippen LogP contribution is -2.48. The van der Waals surface area contributed by atoms with Crippen LogP contribution in [0, 0.1) is 0 Å². The minimum absolute atomic E-state index is 0.120. The molecule has 0 heterocycles. The van der Waals surface area contributed by atoms with Gasteiger partial charge in [0.25, 0.3) is 0 Å². The van der Waals surface area contributed by atoms with E-state index in [0.717, 1.165) is 38.5 Å². The summed E-state index contributed by atoms with van der Waals surface area (Å²) in [6, 6.07) is 5.39. The first-order valence-electron chi connectivity index (χ1n) is 8.13. The number of nitrogens with two attached hydrogens (primary N) is 1. The summed E-state index contributed by atoms with van der Waals surface area (Å²) in [6.07, 6.45) is 8.39. The molecule has 0 spiro atoms. The molecule has 2 aliphatic rings. The minimum atomic E-state index is -0.731. The highest BCUT2D eigenvalue weighted by molar-refractivity contribution is 6.32. The summed E-state index contributed by atoms with van der Waals surface area (Å²) in [5.41, 5.74) is 6.10. The molecule has 1 aromatic carbocycles. The van der Waals surface area contributed by atoms with E-state index in [0.29, 0.717) is 16.5 Å². The Labute approximate surface area is 136 Å². The highest BCUT2D eigenvalue weighted by Gasteiger charge is 2.37. The Morgan fingerprint density at radius 1 is 1.23 bits per heavy atom. The van der Waals surface area contributed by atoms with Crippen LogP contribution in [-0.2, 0) is 4.79 Å². The van der Waals surface area contributed by atoms with Crippen molar-refractivity contribution in [3.8, 4) is 5.75 Å². The standard InChI is InChI=1S/C17H23ClN2O2/c18-14-11-12(20-16(21)17(19)9-3-4-10-17)7-8-15(14)22-13-5-1-2-6-13/h7-8,11,13H,1-6,9-10,19H2,(H,20,21). The Morgan fingerprint density at radius 2 is 1.91 bits per heavy atom. The molecule has 22 heavy (non-hydrogen) atoms. The van der Waals surface area contributed by atoms with Crippen molar-refractivity contribution in [2.75, 3.05) is 5.32 Å². The molecule has 120 valence electrons. The second kappa shape index (κ2) is 6.47. The van der Waals surface area contributed by atoms with Gasteiger partial charge in [0.1, 0.15) is 5.75 Å². The van der Waals surface area contributed by atoms with Gasteiger partial charge in [-0.25, -0.2) is 0 Å². The molecule has 0 radical (unpaired) electrons. The number of hydrogen-bond donors (Lipinski definition) is 2. The molecular weight excluding hydrogens is 300 g/mol. The normalized spacial score (nSPS) is 21.0. The van der Waals surface area contributed by atoms with Gasteiger partial charge < -0.3 is 15.8 Å². The molecule has 2 saturated carbocycles.